The average Bonchev–Trinajstić information content (AvgIpc) is 2.76. The van der Waals surface area contributed by atoms with E-state index in [1.165, 1.54) is 12.8 Å². The van der Waals surface area contributed by atoms with Gasteiger partial charge in [0.15, 0.2) is 11.0 Å². The third-order valence-electron chi connectivity index (χ3n) is 3.04. The van der Waals surface area contributed by atoms with Crippen molar-refractivity contribution in [3.63, 3.8) is 0 Å². The van der Waals surface area contributed by atoms with Crippen LogP contribution in [0.2, 0.25) is 5.22 Å². The van der Waals surface area contributed by atoms with Crippen LogP contribution in [-0.4, -0.2) is 37.0 Å². The summed E-state index contributed by atoms with van der Waals surface area (Å²) in [5.74, 6) is 0.178. The molecule has 1 aromatic heterocycles. The predicted molar refractivity (Wildman–Crippen MR) is 66.3 cm³/mol. The molecule has 1 fully saturated rings. The topological polar surface area (TPSA) is 45.5 Å². The number of likely N-dealkylation sites (N-methyl/N-ethyl adjacent to an activating group) is 1. The van der Waals surface area contributed by atoms with Crippen molar-refractivity contribution >= 4 is 17.5 Å². The minimum atomic E-state index is -0.121. The molecule has 1 amide bonds. The van der Waals surface area contributed by atoms with Crippen LogP contribution in [0.4, 0.5) is 0 Å². The Morgan fingerprint density at radius 1 is 1.59 bits per heavy atom. The van der Waals surface area contributed by atoms with Crippen LogP contribution in [0.15, 0.2) is 16.5 Å². The largest absolute Gasteiger partial charge is 0.440 e. The first-order valence-electron chi connectivity index (χ1n) is 5.91. The summed E-state index contributed by atoms with van der Waals surface area (Å²) in [5.41, 5.74) is 0. The number of hydrogen-bond donors (Lipinski definition) is 1. The Labute approximate surface area is 106 Å². The van der Waals surface area contributed by atoms with E-state index in [0.29, 0.717) is 18.3 Å². The monoisotopic (exact) mass is 256 g/mol. The number of piperidine rings is 1. The van der Waals surface area contributed by atoms with Gasteiger partial charge in [-0.05, 0) is 43.1 Å². The average molecular weight is 257 g/mol. The summed E-state index contributed by atoms with van der Waals surface area (Å²) in [5, 5.41) is 3.66. The molecule has 0 saturated carbocycles. The predicted octanol–water partition coefficient (Wildman–Crippen LogP) is 2.15. The number of nitrogens with zero attached hydrogens (tertiary/aromatic N) is 1. The first kappa shape index (κ1) is 12.5. The van der Waals surface area contributed by atoms with Gasteiger partial charge in [-0.1, -0.05) is 6.42 Å². The second-order valence-electron chi connectivity index (χ2n) is 4.44. The van der Waals surface area contributed by atoms with E-state index in [-0.39, 0.29) is 11.1 Å². The Balaban J connectivity index is 1.90. The lowest BCUT2D eigenvalue weighted by atomic mass is 10.0. The molecule has 1 unspecified atom stereocenters. The van der Waals surface area contributed by atoms with Crippen LogP contribution in [0.3, 0.4) is 0 Å². The summed E-state index contributed by atoms with van der Waals surface area (Å²) < 4.78 is 5.11. The van der Waals surface area contributed by atoms with Gasteiger partial charge in [-0.25, -0.2) is 0 Å². The highest BCUT2D eigenvalue weighted by molar-refractivity contribution is 6.29. The molecule has 2 heterocycles. The first-order chi connectivity index (χ1) is 8.16. The van der Waals surface area contributed by atoms with Crippen molar-refractivity contribution in [2.24, 2.45) is 0 Å². The van der Waals surface area contributed by atoms with Crippen molar-refractivity contribution in [2.45, 2.75) is 25.3 Å². The van der Waals surface area contributed by atoms with Crippen LogP contribution < -0.4 is 5.32 Å². The van der Waals surface area contributed by atoms with Crippen molar-refractivity contribution < 1.29 is 9.21 Å². The molecule has 1 saturated heterocycles. The van der Waals surface area contributed by atoms with Gasteiger partial charge in [0.05, 0.1) is 0 Å². The van der Waals surface area contributed by atoms with Crippen molar-refractivity contribution in [3.8, 4) is 0 Å². The minimum absolute atomic E-state index is 0.121. The standard InChI is InChI=1S/C12H17ClN2O2/c1-15(8-9-4-2-3-7-14-9)12(16)10-5-6-11(13)17-10/h5-6,9,14H,2-4,7-8H2,1H3. The third-order valence-corrected chi connectivity index (χ3v) is 3.24. The second-order valence-corrected chi connectivity index (χ2v) is 4.81. The van der Waals surface area contributed by atoms with E-state index in [0.717, 1.165) is 13.0 Å². The molecule has 0 radical (unpaired) electrons. The Hall–Kier alpha value is -1.00. The Morgan fingerprint density at radius 3 is 3.00 bits per heavy atom. The summed E-state index contributed by atoms with van der Waals surface area (Å²) in [6.45, 7) is 1.75. The van der Waals surface area contributed by atoms with Crippen LogP contribution >= 0.6 is 11.6 Å². The van der Waals surface area contributed by atoms with Gasteiger partial charge in [0.1, 0.15) is 0 Å². The maximum Gasteiger partial charge on any atom is 0.289 e. The first-order valence-corrected chi connectivity index (χ1v) is 6.29. The van der Waals surface area contributed by atoms with Crippen LogP contribution in [0.1, 0.15) is 29.8 Å². The molecule has 2 rings (SSSR count). The van der Waals surface area contributed by atoms with E-state index < -0.39 is 0 Å². The lowest BCUT2D eigenvalue weighted by molar-refractivity contribution is 0.0744. The molecule has 5 heteroatoms. The number of rotatable bonds is 3. The van der Waals surface area contributed by atoms with Crippen LogP contribution in [0.25, 0.3) is 0 Å². The fraction of sp³-hybridized carbons (Fsp3) is 0.583. The summed E-state index contributed by atoms with van der Waals surface area (Å²) in [6, 6.07) is 3.58. The Kier molecular flexibility index (Phi) is 4.07. The van der Waals surface area contributed by atoms with Gasteiger partial charge in [-0.15, -0.1) is 0 Å². The number of furan rings is 1. The summed E-state index contributed by atoms with van der Waals surface area (Å²) >= 11 is 5.65. The highest BCUT2D eigenvalue weighted by atomic mass is 35.5. The van der Waals surface area contributed by atoms with E-state index in [1.807, 2.05) is 0 Å². The Bertz CT molecular complexity index is 386. The zero-order valence-corrected chi connectivity index (χ0v) is 10.7. The molecule has 0 aliphatic carbocycles. The molecule has 1 aromatic rings. The maximum absolute atomic E-state index is 12.0. The summed E-state index contributed by atoms with van der Waals surface area (Å²) in [4.78, 5) is 13.7. The van der Waals surface area contributed by atoms with E-state index in [2.05, 4.69) is 5.32 Å². The number of halogens is 1. The smallest absolute Gasteiger partial charge is 0.289 e. The molecule has 1 N–H and O–H groups in total. The van der Waals surface area contributed by atoms with E-state index >= 15 is 0 Å². The van der Waals surface area contributed by atoms with Crippen LogP contribution in [-0.2, 0) is 0 Å². The van der Waals surface area contributed by atoms with Gasteiger partial charge in [0, 0.05) is 19.6 Å². The normalized spacial score (nSPS) is 20.2. The molecule has 0 aromatic carbocycles. The molecule has 0 spiro atoms. The zero-order chi connectivity index (χ0) is 12.3. The fourth-order valence-corrected chi connectivity index (χ4v) is 2.26. The second kappa shape index (κ2) is 5.56. The molecular formula is C12H17ClN2O2. The lowest BCUT2D eigenvalue weighted by Gasteiger charge is -2.27. The number of carbonyl (C=O) groups excluding carboxylic acids is 1. The minimum Gasteiger partial charge on any atom is -0.440 e. The molecule has 1 atom stereocenters. The zero-order valence-electron chi connectivity index (χ0n) is 9.91. The maximum atomic E-state index is 12.0. The molecular weight excluding hydrogens is 240 g/mol. The van der Waals surface area contributed by atoms with Crippen molar-refractivity contribution in [1.82, 2.24) is 10.2 Å². The molecule has 0 bridgehead atoms. The SMILES string of the molecule is CN(CC1CCCCN1)C(=O)c1ccc(Cl)o1. The van der Waals surface area contributed by atoms with Crippen molar-refractivity contribution in [2.75, 3.05) is 20.1 Å². The highest BCUT2D eigenvalue weighted by Crippen LogP contribution is 2.15. The number of hydrogen-bond acceptors (Lipinski definition) is 3. The molecule has 1 aliphatic heterocycles. The number of carbonyl (C=O) groups is 1. The van der Waals surface area contributed by atoms with Gasteiger partial charge in [-0.2, -0.15) is 0 Å². The van der Waals surface area contributed by atoms with Gasteiger partial charge < -0.3 is 14.6 Å². The molecule has 1 aliphatic rings. The van der Waals surface area contributed by atoms with E-state index in [9.17, 15) is 4.79 Å². The fourth-order valence-electron chi connectivity index (χ4n) is 2.11. The van der Waals surface area contributed by atoms with E-state index in [4.69, 9.17) is 16.0 Å². The molecule has 4 nitrogen and oxygen atoms in total. The molecule has 17 heavy (non-hydrogen) atoms. The third kappa shape index (κ3) is 3.23. The van der Waals surface area contributed by atoms with Gasteiger partial charge in [0.25, 0.3) is 5.91 Å². The Morgan fingerprint density at radius 2 is 2.41 bits per heavy atom. The van der Waals surface area contributed by atoms with Gasteiger partial charge in [-0.3, -0.25) is 4.79 Å². The van der Waals surface area contributed by atoms with E-state index in [1.54, 1.807) is 24.1 Å². The van der Waals surface area contributed by atoms with Crippen LogP contribution in [0, 0.1) is 0 Å². The number of nitrogens with one attached hydrogen (secondary N) is 1. The van der Waals surface area contributed by atoms with Gasteiger partial charge in [0.2, 0.25) is 0 Å². The summed E-state index contributed by atoms with van der Waals surface area (Å²) in [6.07, 6.45) is 3.57. The quantitative estimate of drug-likeness (QED) is 0.901. The highest BCUT2D eigenvalue weighted by Gasteiger charge is 2.20. The van der Waals surface area contributed by atoms with Crippen molar-refractivity contribution in [3.05, 3.63) is 23.1 Å². The van der Waals surface area contributed by atoms with Crippen molar-refractivity contribution in [1.29, 1.82) is 0 Å². The van der Waals surface area contributed by atoms with Crippen LogP contribution in [0.5, 0.6) is 0 Å². The van der Waals surface area contributed by atoms with Gasteiger partial charge >= 0.3 is 0 Å². The number of amides is 1. The molecule has 94 valence electrons. The lowest BCUT2D eigenvalue weighted by Crippen LogP contribution is -2.44. The summed E-state index contributed by atoms with van der Waals surface area (Å²) in [7, 11) is 1.79.